The van der Waals surface area contributed by atoms with Crippen LogP contribution in [0.2, 0.25) is 0 Å². The Morgan fingerprint density at radius 3 is 2.58 bits per heavy atom. The third kappa shape index (κ3) is 4.19. The summed E-state index contributed by atoms with van der Waals surface area (Å²) in [7, 11) is 0. The number of nitrogens with one attached hydrogen (secondary N) is 2. The zero-order valence-electron chi connectivity index (χ0n) is 22.2. The molecule has 0 bridgehead atoms. The van der Waals surface area contributed by atoms with Gasteiger partial charge in [0.1, 0.15) is 5.82 Å². The van der Waals surface area contributed by atoms with Gasteiger partial charge >= 0.3 is 0 Å². The van der Waals surface area contributed by atoms with Crippen LogP contribution in [-0.2, 0) is 17.4 Å². The Kier molecular flexibility index (Phi) is 5.75. The Balaban J connectivity index is 1.61. The van der Waals surface area contributed by atoms with Crippen LogP contribution >= 0.6 is 0 Å². The minimum Gasteiger partial charge on any atom is -0.340 e. The number of fused-ring (bicyclic) bond motifs is 2. The van der Waals surface area contributed by atoms with Crippen molar-refractivity contribution < 1.29 is 0 Å². The molecule has 0 saturated carbocycles. The van der Waals surface area contributed by atoms with E-state index < -0.39 is 0 Å². The first-order valence-corrected chi connectivity index (χ1v) is 12.6. The van der Waals surface area contributed by atoms with Gasteiger partial charge in [0.15, 0.2) is 5.65 Å². The third-order valence-electron chi connectivity index (χ3n) is 6.83. The van der Waals surface area contributed by atoms with Gasteiger partial charge in [0.2, 0.25) is 0 Å². The van der Waals surface area contributed by atoms with E-state index in [1.54, 1.807) is 15.6 Å². The second-order valence-corrected chi connectivity index (χ2v) is 11.4. The lowest BCUT2D eigenvalue weighted by atomic mass is 9.85. The van der Waals surface area contributed by atoms with Gasteiger partial charge in [0.25, 0.3) is 11.5 Å². The third-order valence-corrected chi connectivity index (χ3v) is 6.83. The van der Waals surface area contributed by atoms with E-state index >= 15 is 0 Å². The molecule has 8 nitrogen and oxygen atoms in total. The van der Waals surface area contributed by atoms with E-state index in [9.17, 15) is 4.79 Å². The monoisotopic (exact) mass is 485 g/mol. The molecule has 5 rings (SSSR count). The Morgan fingerprint density at radius 2 is 1.86 bits per heavy atom. The fraction of sp³-hybridized carbons (Fsp3) is 0.429. The SMILES string of the molecule is CC(C)n1c(=O)c2ccc(Nc3ccc4c(c3)CCNC4(C)C)nc2n1-c1nccc(C(C)(C)C)n1. The zero-order valence-corrected chi connectivity index (χ0v) is 22.2. The van der Waals surface area contributed by atoms with Crippen LogP contribution in [0.15, 0.2) is 47.4 Å². The summed E-state index contributed by atoms with van der Waals surface area (Å²) in [6, 6.07) is 12.0. The molecule has 2 N–H and O–H groups in total. The lowest BCUT2D eigenvalue weighted by molar-refractivity contribution is 0.382. The quantitative estimate of drug-likeness (QED) is 0.424. The molecule has 8 heteroatoms. The van der Waals surface area contributed by atoms with Gasteiger partial charge in [-0.2, -0.15) is 4.68 Å². The first-order chi connectivity index (χ1) is 17.0. The van der Waals surface area contributed by atoms with Crippen molar-refractivity contribution in [3.8, 4) is 5.95 Å². The van der Waals surface area contributed by atoms with E-state index in [1.807, 2.05) is 32.0 Å². The first kappa shape index (κ1) is 24.2. The molecule has 0 aliphatic carbocycles. The van der Waals surface area contributed by atoms with Crippen molar-refractivity contribution in [3.05, 3.63) is 69.8 Å². The number of anilines is 2. The van der Waals surface area contributed by atoms with Gasteiger partial charge in [-0.1, -0.05) is 26.8 Å². The van der Waals surface area contributed by atoms with E-state index in [1.165, 1.54) is 11.1 Å². The fourth-order valence-electron chi connectivity index (χ4n) is 4.93. The summed E-state index contributed by atoms with van der Waals surface area (Å²) in [6.45, 7) is 15.7. The maximum absolute atomic E-state index is 13.4. The van der Waals surface area contributed by atoms with Crippen molar-refractivity contribution in [1.82, 2.24) is 29.6 Å². The molecule has 3 aromatic heterocycles. The Labute approximate surface area is 211 Å². The molecule has 0 spiro atoms. The fourth-order valence-corrected chi connectivity index (χ4v) is 4.93. The van der Waals surface area contributed by atoms with Crippen molar-refractivity contribution in [2.45, 2.75) is 71.9 Å². The van der Waals surface area contributed by atoms with Crippen molar-refractivity contribution in [2.24, 2.45) is 0 Å². The number of aromatic nitrogens is 5. The highest BCUT2D eigenvalue weighted by Gasteiger charge is 2.27. The minimum absolute atomic E-state index is 0.0410. The number of benzene rings is 1. The maximum Gasteiger partial charge on any atom is 0.276 e. The van der Waals surface area contributed by atoms with Gasteiger partial charge in [-0.05, 0) is 82.1 Å². The molecule has 0 atom stereocenters. The highest BCUT2D eigenvalue weighted by atomic mass is 16.1. The summed E-state index contributed by atoms with van der Waals surface area (Å²) in [6.07, 6.45) is 2.73. The number of pyridine rings is 1. The van der Waals surface area contributed by atoms with Crippen LogP contribution in [0.1, 0.15) is 71.3 Å². The molecular weight excluding hydrogens is 450 g/mol. The molecule has 4 heterocycles. The van der Waals surface area contributed by atoms with E-state index in [4.69, 9.17) is 9.97 Å². The van der Waals surface area contributed by atoms with Gasteiger partial charge in [-0.25, -0.2) is 19.6 Å². The normalized spacial score (nSPS) is 15.3. The van der Waals surface area contributed by atoms with Gasteiger partial charge < -0.3 is 10.6 Å². The number of hydrogen-bond donors (Lipinski definition) is 2. The molecular formula is C28H35N7O. The topological polar surface area (TPSA) is 89.7 Å². The minimum atomic E-state index is -0.152. The van der Waals surface area contributed by atoms with Crippen LogP contribution in [0.4, 0.5) is 11.5 Å². The molecule has 0 unspecified atom stereocenters. The average molecular weight is 486 g/mol. The summed E-state index contributed by atoms with van der Waals surface area (Å²) in [5.41, 5.74) is 4.77. The van der Waals surface area contributed by atoms with Crippen LogP contribution in [0.25, 0.3) is 17.0 Å². The number of rotatable bonds is 4. The molecule has 36 heavy (non-hydrogen) atoms. The second-order valence-electron chi connectivity index (χ2n) is 11.4. The van der Waals surface area contributed by atoms with Crippen molar-refractivity contribution >= 4 is 22.5 Å². The second kappa shape index (κ2) is 8.55. The van der Waals surface area contributed by atoms with Crippen LogP contribution in [0.5, 0.6) is 0 Å². The predicted octanol–water partition coefficient (Wildman–Crippen LogP) is 4.98. The maximum atomic E-state index is 13.4. The van der Waals surface area contributed by atoms with E-state index in [0.29, 0.717) is 22.8 Å². The largest absolute Gasteiger partial charge is 0.340 e. The van der Waals surface area contributed by atoms with E-state index in [2.05, 4.69) is 68.4 Å². The summed E-state index contributed by atoms with van der Waals surface area (Å²) in [5.74, 6) is 1.11. The Hall–Kier alpha value is -3.52. The Bertz CT molecular complexity index is 1500. The summed E-state index contributed by atoms with van der Waals surface area (Å²) >= 11 is 0. The smallest absolute Gasteiger partial charge is 0.276 e. The van der Waals surface area contributed by atoms with Crippen LogP contribution in [0.3, 0.4) is 0 Å². The van der Waals surface area contributed by atoms with E-state index in [0.717, 1.165) is 24.3 Å². The van der Waals surface area contributed by atoms with Crippen LogP contribution in [0, 0.1) is 0 Å². The first-order valence-electron chi connectivity index (χ1n) is 12.6. The summed E-state index contributed by atoms with van der Waals surface area (Å²) in [5, 5.41) is 7.56. The molecule has 1 aliphatic heterocycles. The van der Waals surface area contributed by atoms with Gasteiger partial charge in [0, 0.05) is 28.9 Å². The molecule has 0 saturated heterocycles. The summed E-state index contributed by atoms with van der Waals surface area (Å²) in [4.78, 5) is 27.6. The zero-order chi connectivity index (χ0) is 25.8. The molecule has 0 fully saturated rings. The van der Waals surface area contributed by atoms with Gasteiger partial charge in [-0.15, -0.1) is 0 Å². The van der Waals surface area contributed by atoms with Crippen molar-refractivity contribution in [2.75, 3.05) is 11.9 Å². The average Bonchev–Trinajstić information content (AvgIpc) is 3.10. The highest BCUT2D eigenvalue weighted by Crippen LogP contribution is 2.31. The standard InChI is InChI=1S/C28H35N7O/c1-17(2)34-25(36)20-9-11-23(31-19-8-10-21-18(16-19)12-15-30-28(21,6)7)33-24(20)35(34)26-29-14-13-22(32-26)27(3,4)5/h8-11,13-14,16-17,30H,12,15H2,1-7H3,(H,31,33). The molecule has 0 amide bonds. The highest BCUT2D eigenvalue weighted by molar-refractivity contribution is 5.79. The van der Waals surface area contributed by atoms with Crippen molar-refractivity contribution in [3.63, 3.8) is 0 Å². The Morgan fingerprint density at radius 1 is 1.08 bits per heavy atom. The molecule has 0 radical (unpaired) electrons. The molecule has 1 aromatic carbocycles. The summed E-state index contributed by atoms with van der Waals surface area (Å²) < 4.78 is 3.43. The van der Waals surface area contributed by atoms with Crippen LogP contribution < -0.4 is 16.2 Å². The van der Waals surface area contributed by atoms with Crippen molar-refractivity contribution in [1.29, 1.82) is 0 Å². The molecule has 4 aromatic rings. The lowest BCUT2D eigenvalue weighted by Gasteiger charge is -2.34. The van der Waals surface area contributed by atoms with Gasteiger partial charge in [-0.3, -0.25) is 4.79 Å². The van der Waals surface area contributed by atoms with Crippen LogP contribution in [-0.4, -0.2) is 30.9 Å². The number of nitrogens with zero attached hydrogens (tertiary/aromatic N) is 5. The molecule has 188 valence electrons. The van der Waals surface area contributed by atoms with E-state index in [-0.39, 0.29) is 22.6 Å². The number of hydrogen-bond acceptors (Lipinski definition) is 6. The predicted molar refractivity (Wildman–Crippen MR) is 144 cm³/mol. The lowest BCUT2D eigenvalue weighted by Crippen LogP contribution is -2.42. The van der Waals surface area contributed by atoms with Gasteiger partial charge in [0.05, 0.1) is 11.1 Å². The molecule has 1 aliphatic rings.